The number of hydrogen-bond acceptors (Lipinski definition) is 3. The molecule has 1 fully saturated rings. The van der Waals surface area contributed by atoms with E-state index in [9.17, 15) is 9.59 Å². The zero-order valence-electron chi connectivity index (χ0n) is 11.9. The van der Waals surface area contributed by atoms with Crippen LogP contribution in [0.2, 0.25) is 0 Å². The maximum absolute atomic E-state index is 11.8. The first kappa shape index (κ1) is 15.8. The molecule has 1 atom stereocenters. The Balaban J connectivity index is 2.26. The lowest BCUT2D eigenvalue weighted by atomic mass is 9.98. The molecule has 6 heteroatoms. The van der Waals surface area contributed by atoms with Crippen LogP contribution in [-0.4, -0.2) is 66.7 Å². The molecule has 1 rings (SSSR count). The molecule has 0 bridgehead atoms. The Bertz CT molecular complexity index is 310. The van der Waals surface area contributed by atoms with Crippen molar-refractivity contribution in [2.75, 3.05) is 39.8 Å². The van der Waals surface area contributed by atoms with E-state index in [0.29, 0.717) is 5.92 Å². The number of carbonyl (C=O) groups excluding carboxylic acids is 1. The molecule has 6 nitrogen and oxygen atoms in total. The van der Waals surface area contributed by atoms with Gasteiger partial charge in [-0.3, -0.25) is 4.79 Å². The zero-order chi connectivity index (χ0) is 14.3. The van der Waals surface area contributed by atoms with E-state index >= 15 is 0 Å². The smallest absolute Gasteiger partial charge is 0.317 e. The molecule has 0 aliphatic carbocycles. The Labute approximate surface area is 114 Å². The van der Waals surface area contributed by atoms with Crippen LogP contribution in [-0.2, 0) is 4.79 Å². The summed E-state index contributed by atoms with van der Waals surface area (Å²) in [6.07, 6.45) is 2.31. The highest BCUT2D eigenvalue weighted by Crippen LogP contribution is 2.16. The first-order valence-corrected chi connectivity index (χ1v) is 6.96. The Morgan fingerprint density at radius 3 is 2.84 bits per heavy atom. The Hall–Kier alpha value is -1.30. The van der Waals surface area contributed by atoms with E-state index in [1.54, 1.807) is 11.9 Å². The number of carboxylic acid groups (broad SMARTS) is 1. The van der Waals surface area contributed by atoms with E-state index in [4.69, 9.17) is 5.11 Å². The lowest BCUT2D eigenvalue weighted by molar-refractivity contribution is -0.136. The molecule has 0 radical (unpaired) electrons. The lowest BCUT2D eigenvalue weighted by Crippen LogP contribution is -2.44. The number of urea groups is 1. The van der Waals surface area contributed by atoms with Crippen molar-refractivity contribution in [2.24, 2.45) is 5.92 Å². The Morgan fingerprint density at radius 2 is 2.21 bits per heavy atom. The van der Waals surface area contributed by atoms with Crippen molar-refractivity contribution in [3.05, 3.63) is 0 Å². The van der Waals surface area contributed by atoms with Crippen LogP contribution >= 0.6 is 0 Å². The highest BCUT2D eigenvalue weighted by atomic mass is 16.4. The first-order chi connectivity index (χ1) is 9.02. The number of nitrogens with zero attached hydrogens (tertiary/aromatic N) is 2. The van der Waals surface area contributed by atoms with Gasteiger partial charge >= 0.3 is 12.0 Å². The first-order valence-electron chi connectivity index (χ1n) is 6.96. The molecule has 1 heterocycles. The van der Waals surface area contributed by atoms with Crippen molar-refractivity contribution < 1.29 is 14.7 Å². The summed E-state index contributed by atoms with van der Waals surface area (Å²) in [5.74, 6) is -0.377. The fraction of sp³-hybridized carbons (Fsp3) is 0.846. The summed E-state index contributed by atoms with van der Waals surface area (Å²) >= 11 is 0. The van der Waals surface area contributed by atoms with Crippen molar-refractivity contribution in [2.45, 2.75) is 26.2 Å². The number of carboxylic acids is 1. The molecule has 1 aliphatic rings. The minimum atomic E-state index is -0.895. The summed E-state index contributed by atoms with van der Waals surface area (Å²) < 4.78 is 0. The zero-order valence-corrected chi connectivity index (χ0v) is 11.9. The van der Waals surface area contributed by atoms with Gasteiger partial charge in [-0.1, -0.05) is 6.92 Å². The highest BCUT2D eigenvalue weighted by Gasteiger charge is 2.21. The molecular formula is C13H25N3O3. The molecule has 1 saturated heterocycles. The number of rotatable bonds is 6. The van der Waals surface area contributed by atoms with E-state index in [1.165, 1.54) is 6.42 Å². The number of carbonyl (C=O) groups is 2. The predicted molar refractivity (Wildman–Crippen MR) is 73.1 cm³/mol. The van der Waals surface area contributed by atoms with E-state index in [0.717, 1.165) is 32.6 Å². The van der Waals surface area contributed by atoms with Crippen LogP contribution in [0.4, 0.5) is 4.79 Å². The molecule has 2 N–H and O–H groups in total. The van der Waals surface area contributed by atoms with E-state index < -0.39 is 5.97 Å². The molecule has 0 aromatic heterocycles. The molecule has 0 aromatic rings. The van der Waals surface area contributed by atoms with Crippen LogP contribution in [0, 0.1) is 5.92 Å². The van der Waals surface area contributed by atoms with Crippen molar-refractivity contribution in [3.8, 4) is 0 Å². The van der Waals surface area contributed by atoms with Gasteiger partial charge in [0.05, 0.1) is 6.42 Å². The van der Waals surface area contributed by atoms with Gasteiger partial charge in [0.1, 0.15) is 0 Å². The van der Waals surface area contributed by atoms with Crippen LogP contribution in [0.3, 0.4) is 0 Å². The topological polar surface area (TPSA) is 72.9 Å². The average molecular weight is 271 g/mol. The van der Waals surface area contributed by atoms with Crippen molar-refractivity contribution in [3.63, 3.8) is 0 Å². The fourth-order valence-corrected chi connectivity index (χ4v) is 2.47. The van der Waals surface area contributed by atoms with E-state index in [-0.39, 0.29) is 19.0 Å². The van der Waals surface area contributed by atoms with Gasteiger partial charge in [0.25, 0.3) is 0 Å². The second kappa shape index (κ2) is 7.99. The lowest BCUT2D eigenvalue weighted by Gasteiger charge is -2.34. The predicted octanol–water partition coefficient (Wildman–Crippen LogP) is 0.834. The van der Waals surface area contributed by atoms with Crippen molar-refractivity contribution >= 4 is 12.0 Å². The van der Waals surface area contributed by atoms with Crippen LogP contribution in [0.5, 0.6) is 0 Å². The van der Waals surface area contributed by atoms with Gasteiger partial charge in [-0.15, -0.1) is 0 Å². The van der Waals surface area contributed by atoms with Gasteiger partial charge in [-0.25, -0.2) is 4.79 Å². The van der Waals surface area contributed by atoms with Gasteiger partial charge in [0.15, 0.2) is 0 Å². The third kappa shape index (κ3) is 5.92. The van der Waals surface area contributed by atoms with Gasteiger partial charge in [-0.2, -0.15) is 0 Å². The van der Waals surface area contributed by atoms with Crippen LogP contribution < -0.4 is 5.32 Å². The monoisotopic (exact) mass is 271 g/mol. The minimum Gasteiger partial charge on any atom is -0.481 e. The second-order valence-electron chi connectivity index (χ2n) is 5.16. The molecule has 0 spiro atoms. The Kier molecular flexibility index (Phi) is 6.62. The third-order valence-corrected chi connectivity index (χ3v) is 3.54. The summed E-state index contributed by atoms with van der Waals surface area (Å²) in [6.45, 7) is 6.33. The molecule has 0 aromatic carbocycles. The van der Waals surface area contributed by atoms with Crippen molar-refractivity contribution in [1.29, 1.82) is 0 Å². The van der Waals surface area contributed by atoms with E-state index in [2.05, 4.69) is 17.1 Å². The van der Waals surface area contributed by atoms with E-state index in [1.807, 2.05) is 0 Å². The molecule has 110 valence electrons. The quantitative estimate of drug-likeness (QED) is 0.750. The van der Waals surface area contributed by atoms with Crippen LogP contribution in [0.25, 0.3) is 0 Å². The number of nitrogens with one attached hydrogen (secondary N) is 1. The molecular weight excluding hydrogens is 246 g/mol. The SMILES string of the molecule is CCN1CCCC(CN(C)C(=O)NCCC(=O)O)C1. The summed E-state index contributed by atoms with van der Waals surface area (Å²) in [5, 5.41) is 11.1. The van der Waals surface area contributed by atoms with Gasteiger partial charge in [0, 0.05) is 26.7 Å². The minimum absolute atomic E-state index is 0.0351. The normalized spacial score (nSPS) is 20.0. The molecule has 1 unspecified atom stereocenters. The number of hydrogen-bond donors (Lipinski definition) is 2. The van der Waals surface area contributed by atoms with Crippen molar-refractivity contribution in [1.82, 2.24) is 15.1 Å². The van der Waals surface area contributed by atoms with Crippen LogP contribution in [0.15, 0.2) is 0 Å². The number of piperidine rings is 1. The number of likely N-dealkylation sites (tertiary alicyclic amines) is 1. The largest absolute Gasteiger partial charge is 0.481 e. The summed E-state index contributed by atoms with van der Waals surface area (Å²) in [7, 11) is 1.76. The average Bonchev–Trinajstić information content (AvgIpc) is 2.38. The number of amides is 2. The summed E-state index contributed by atoms with van der Waals surface area (Å²) in [6, 6.07) is -0.185. The second-order valence-corrected chi connectivity index (χ2v) is 5.16. The van der Waals surface area contributed by atoms with Crippen LogP contribution in [0.1, 0.15) is 26.2 Å². The maximum atomic E-state index is 11.8. The summed E-state index contributed by atoms with van der Waals surface area (Å²) in [4.78, 5) is 26.2. The third-order valence-electron chi connectivity index (χ3n) is 3.54. The van der Waals surface area contributed by atoms with Gasteiger partial charge in [-0.05, 0) is 31.8 Å². The fourth-order valence-electron chi connectivity index (χ4n) is 2.47. The van der Waals surface area contributed by atoms with Gasteiger partial charge in [0.2, 0.25) is 0 Å². The molecule has 19 heavy (non-hydrogen) atoms. The highest BCUT2D eigenvalue weighted by molar-refractivity contribution is 5.74. The Morgan fingerprint density at radius 1 is 1.47 bits per heavy atom. The standard InChI is InChI=1S/C13H25N3O3/c1-3-16-8-4-5-11(10-16)9-15(2)13(19)14-7-6-12(17)18/h11H,3-10H2,1-2H3,(H,14,19)(H,17,18). The molecule has 1 aliphatic heterocycles. The summed E-state index contributed by atoms with van der Waals surface area (Å²) in [5.41, 5.74) is 0. The molecule has 0 saturated carbocycles. The molecule has 2 amide bonds. The maximum Gasteiger partial charge on any atom is 0.317 e. The van der Waals surface area contributed by atoms with Gasteiger partial charge < -0.3 is 20.2 Å². The number of aliphatic carboxylic acids is 1.